The highest BCUT2D eigenvalue weighted by molar-refractivity contribution is 6.03. The fourth-order valence-electron chi connectivity index (χ4n) is 3.32. The van der Waals surface area contributed by atoms with E-state index in [1.54, 1.807) is 22.7 Å². The van der Waals surface area contributed by atoms with Gasteiger partial charge in [-0.15, -0.1) is 0 Å². The number of nitrogens with zero attached hydrogens (tertiary/aromatic N) is 3. The van der Waals surface area contributed by atoms with Crippen LogP contribution in [0.15, 0.2) is 57.9 Å². The van der Waals surface area contributed by atoms with Gasteiger partial charge < -0.3 is 9.32 Å². The third kappa shape index (κ3) is 2.89. The number of amides is 1. The number of aromatic nitrogens is 2. The Balaban J connectivity index is 1.79. The van der Waals surface area contributed by atoms with E-state index in [4.69, 9.17) is 4.42 Å². The summed E-state index contributed by atoms with van der Waals surface area (Å²) in [4.78, 5) is 26.7. The number of rotatable bonds is 3. The molecule has 0 unspecified atom stereocenters. The second kappa shape index (κ2) is 6.39. The van der Waals surface area contributed by atoms with Crippen LogP contribution < -0.4 is 10.5 Å². The van der Waals surface area contributed by atoms with Gasteiger partial charge in [-0.05, 0) is 37.6 Å². The highest BCUT2D eigenvalue weighted by Crippen LogP contribution is 2.24. The van der Waals surface area contributed by atoms with Gasteiger partial charge in [0, 0.05) is 18.1 Å². The molecule has 0 aliphatic carbocycles. The molecule has 0 fully saturated rings. The number of carbonyl (C=O) groups excluding carboxylic acids is 1. The first-order chi connectivity index (χ1) is 13.0. The lowest BCUT2D eigenvalue weighted by Gasteiger charge is -2.19. The molecule has 0 aliphatic rings. The average Bonchev–Trinajstić information content (AvgIpc) is 3.07. The Kier molecular flexibility index (Phi) is 4.03. The minimum atomic E-state index is -0.452. The van der Waals surface area contributed by atoms with Crippen LogP contribution in [0.25, 0.3) is 21.9 Å². The van der Waals surface area contributed by atoms with Gasteiger partial charge in [0.05, 0.1) is 11.7 Å². The number of anilines is 1. The summed E-state index contributed by atoms with van der Waals surface area (Å²) < 4.78 is 6.95. The van der Waals surface area contributed by atoms with E-state index in [9.17, 15) is 9.59 Å². The van der Waals surface area contributed by atoms with E-state index in [-0.39, 0.29) is 12.5 Å². The Bertz CT molecular complexity index is 1240. The molecule has 0 bridgehead atoms. The predicted octanol–water partition coefficient (Wildman–Crippen LogP) is 3.42. The van der Waals surface area contributed by atoms with Crippen molar-refractivity contribution in [3.63, 3.8) is 0 Å². The van der Waals surface area contributed by atoms with Crippen LogP contribution in [-0.2, 0) is 11.3 Å². The summed E-state index contributed by atoms with van der Waals surface area (Å²) in [6.45, 7) is 3.96. The number of fused-ring (bicyclic) bond motifs is 3. The van der Waals surface area contributed by atoms with Crippen LogP contribution >= 0.6 is 0 Å². The lowest BCUT2D eigenvalue weighted by Crippen LogP contribution is -2.30. The highest BCUT2D eigenvalue weighted by atomic mass is 16.4. The molecule has 136 valence electrons. The van der Waals surface area contributed by atoms with Crippen LogP contribution in [0.2, 0.25) is 0 Å². The topological polar surface area (TPSA) is 68.3 Å². The van der Waals surface area contributed by atoms with Crippen LogP contribution in [0.5, 0.6) is 0 Å². The van der Waals surface area contributed by atoms with E-state index in [1.165, 1.54) is 6.20 Å². The highest BCUT2D eigenvalue weighted by Gasteiger charge is 2.18. The monoisotopic (exact) mass is 361 g/mol. The molecule has 2 aromatic carbocycles. The SMILES string of the molecule is Cc1ccc2oc(=O)c3cnn(CC(=O)N(C)c4ccccc4C)c3c2c1. The summed E-state index contributed by atoms with van der Waals surface area (Å²) in [7, 11) is 1.74. The predicted molar refractivity (Wildman–Crippen MR) is 105 cm³/mol. The van der Waals surface area contributed by atoms with Crippen molar-refractivity contribution in [3.8, 4) is 0 Å². The summed E-state index contributed by atoms with van der Waals surface area (Å²) in [6.07, 6.45) is 1.46. The van der Waals surface area contributed by atoms with Crippen molar-refractivity contribution >= 4 is 33.5 Å². The molecule has 4 aromatic rings. The summed E-state index contributed by atoms with van der Waals surface area (Å²) in [5.41, 5.74) is 3.55. The molecule has 6 heteroatoms. The first-order valence-corrected chi connectivity index (χ1v) is 8.67. The van der Waals surface area contributed by atoms with Crippen molar-refractivity contribution in [1.29, 1.82) is 0 Å². The summed E-state index contributed by atoms with van der Waals surface area (Å²) in [6, 6.07) is 13.3. The number of aryl methyl sites for hydroxylation is 2. The fourth-order valence-corrected chi connectivity index (χ4v) is 3.32. The van der Waals surface area contributed by atoms with Crippen LogP contribution in [0.1, 0.15) is 11.1 Å². The first kappa shape index (κ1) is 17.0. The Morgan fingerprint density at radius 3 is 2.70 bits per heavy atom. The van der Waals surface area contributed by atoms with Gasteiger partial charge >= 0.3 is 5.63 Å². The minimum Gasteiger partial charge on any atom is -0.422 e. The number of benzene rings is 2. The minimum absolute atomic E-state index is 0.0286. The maximum atomic E-state index is 12.9. The zero-order chi connectivity index (χ0) is 19.1. The third-order valence-electron chi connectivity index (χ3n) is 4.79. The average molecular weight is 361 g/mol. The number of hydrogen-bond acceptors (Lipinski definition) is 4. The van der Waals surface area contributed by atoms with E-state index in [1.807, 2.05) is 50.2 Å². The molecule has 6 nitrogen and oxygen atoms in total. The van der Waals surface area contributed by atoms with Gasteiger partial charge in [-0.2, -0.15) is 5.10 Å². The number of hydrogen-bond donors (Lipinski definition) is 0. The second-order valence-corrected chi connectivity index (χ2v) is 6.69. The lowest BCUT2D eigenvalue weighted by molar-refractivity contribution is -0.119. The molecule has 2 aromatic heterocycles. The van der Waals surface area contributed by atoms with Crippen LogP contribution in [0, 0.1) is 13.8 Å². The normalized spacial score (nSPS) is 11.2. The molecule has 0 aliphatic heterocycles. The van der Waals surface area contributed by atoms with Gasteiger partial charge in [-0.3, -0.25) is 9.48 Å². The van der Waals surface area contributed by atoms with Crippen molar-refractivity contribution in [2.45, 2.75) is 20.4 Å². The molecule has 0 atom stereocenters. The fraction of sp³-hybridized carbons (Fsp3) is 0.190. The molecule has 0 spiro atoms. The molecule has 0 N–H and O–H groups in total. The molecule has 27 heavy (non-hydrogen) atoms. The molecule has 0 saturated carbocycles. The van der Waals surface area contributed by atoms with Crippen molar-refractivity contribution in [2.24, 2.45) is 0 Å². The maximum absolute atomic E-state index is 12.9. The van der Waals surface area contributed by atoms with E-state index < -0.39 is 5.63 Å². The molecule has 4 rings (SSSR count). The maximum Gasteiger partial charge on any atom is 0.347 e. The van der Waals surface area contributed by atoms with Gasteiger partial charge in [0.1, 0.15) is 17.5 Å². The van der Waals surface area contributed by atoms with Gasteiger partial charge in [-0.1, -0.05) is 29.8 Å². The van der Waals surface area contributed by atoms with Gasteiger partial charge in [0.15, 0.2) is 0 Å². The molecule has 1 amide bonds. The smallest absolute Gasteiger partial charge is 0.347 e. The summed E-state index contributed by atoms with van der Waals surface area (Å²) in [5.74, 6) is -0.122. The summed E-state index contributed by atoms with van der Waals surface area (Å²) >= 11 is 0. The lowest BCUT2D eigenvalue weighted by atomic mass is 10.1. The zero-order valence-corrected chi connectivity index (χ0v) is 15.4. The van der Waals surface area contributed by atoms with Crippen LogP contribution in [0.4, 0.5) is 5.69 Å². The first-order valence-electron chi connectivity index (χ1n) is 8.67. The molecular weight excluding hydrogens is 342 g/mol. The van der Waals surface area contributed by atoms with Crippen molar-refractivity contribution in [3.05, 3.63) is 70.2 Å². The van der Waals surface area contributed by atoms with Gasteiger partial charge in [0.2, 0.25) is 5.91 Å². The Morgan fingerprint density at radius 1 is 1.15 bits per heavy atom. The van der Waals surface area contributed by atoms with Gasteiger partial charge in [0.25, 0.3) is 0 Å². The van der Waals surface area contributed by atoms with Crippen molar-refractivity contribution < 1.29 is 9.21 Å². The van der Waals surface area contributed by atoms with Crippen LogP contribution in [0.3, 0.4) is 0 Å². The number of likely N-dealkylation sites (N-methyl/N-ethyl adjacent to an activating group) is 1. The van der Waals surface area contributed by atoms with E-state index in [0.29, 0.717) is 16.5 Å². The second-order valence-electron chi connectivity index (χ2n) is 6.69. The molecule has 0 saturated heterocycles. The van der Waals surface area contributed by atoms with Crippen LogP contribution in [-0.4, -0.2) is 22.7 Å². The zero-order valence-electron chi connectivity index (χ0n) is 15.4. The van der Waals surface area contributed by atoms with E-state index in [2.05, 4.69) is 5.10 Å². The molecular formula is C21H19N3O3. The summed E-state index contributed by atoms with van der Waals surface area (Å²) in [5, 5.41) is 5.43. The van der Waals surface area contributed by atoms with Crippen molar-refractivity contribution in [2.75, 3.05) is 11.9 Å². The Labute approximate surface area is 155 Å². The largest absolute Gasteiger partial charge is 0.422 e. The Hall–Kier alpha value is -3.41. The number of para-hydroxylation sites is 1. The quantitative estimate of drug-likeness (QED) is 0.524. The number of carbonyl (C=O) groups is 1. The standard InChI is InChI=1S/C21H19N3O3/c1-13-8-9-18-15(10-13)20-16(21(26)27-18)11-22-24(20)12-19(25)23(3)17-7-5-4-6-14(17)2/h4-11H,12H2,1-3H3. The van der Waals surface area contributed by atoms with E-state index in [0.717, 1.165) is 22.2 Å². The van der Waals surface area contributed by atoms with Crippen molar-refractivity contribution in [1.82, 2.24) is 9.78 Å². The molecule has 0 radical (unpaired) electrons. The van der Waals surface area contributed by atoms with E-state index >= 15 is 0 Å². The Morgan fingerprint density at radius 2 is 1.93 bits per heavy atom. The van der Waals surface area contributed by atoms with Gasteiger partial charge in [-0.25, -0.2) is 4.79 Å². The third-order valence-corrected chi connectivity index (χ3v) is 4.79. The molecule has 2 heterocycles.